The predicted molar refractivity (Wildman–Crippen MR) is 103 cm³/mol. The van der Waals surface area contributed by atoms with Gasteiger partial charge in [0.25, 0.3) is 25.2 Å². The van der Waals surface area contributed by atoms with E-state index in [0.29, 0.717) is 22.1 Å². The molecule has 1 atom stereocenters. The van der Waals surface area contributed by atoms with E-state index in [1.807, 2.05) is 0 Å². The largest absolute Gasteiger partial charge is 0.365 e. The van der Waals surface area contributed by atoms with Crippen molar-refractivity contribution >= 4 is 39.1 Å². The Bertz CT molecular complexity index is 1190. The third kappa shape index (κ3) is 4.26. The quantitative estimate of drug-likeness (QED) is 0.470. The Labute approximate surface area is 180 Å². The Kier molecular flexibility index (Phi) is 6.44. The van der Waals surface area contributed by atoms with Crippen LogP contribution in [0.3, 0.4) is 0 Å². The van der Waals surface area contributed by atoms with Crippen LogP contribution in [0.1, 0.15) is 64.6 Å². The van der Waals surface area contributed by atoms with Crippen LogP contribution in [0.4, 0.5) is 32.0 Å². The molecule has 1 unspecified atom stereocenters. The van der Waals surface area contributed by atoms with Crippen molar-refractivity contribution in [2.45, 2.75) is 39.2 Å². The van der Waals surface area contributed by atoms with Crippen LogP contribution in [-0.2, 0) is 4.79 Å². The minimum absolute atomic E-state index is 0.00407. The number of thiophene rings is 1. The number of carbonyl (C=O) groups excluding carboxylic acids is 2. The van der Waals surface area contributed by atoms with E-state index in [1.54, 1.807) is 0 Å². The summed E-state index contributed by atoms with van der Waals surface area (Å²) in [5, 5.41) is 5.91. The number of nitrogens with one attached hydrogen (secondary N) is 1. The van der Waals surface area contributed by atoms with Crippen molar-refractivity contribution in [2.24, 2.45) is 5.73 Å². The minimum Gasteiger partial charge on any atom is -0.365 e. The first kappa shape index (κ1) is 23.5. The maximum atomic E-state index is 13.3. The molecule has 14 heteroatoms. The summed E-state index contributed by atoms with van der Waals surface area (Å²) in [6.45, 7) is 2.59. The highest BCUT2D eigenvalue weighted by Gasteiger charge is 2.29. The van der Waals surface area contributed by atoms with Gasteiger partial charge in [0.15, 0.2) is 0 Å². The number of pyridine rings is 1. The van der Waals surface area contributed by atoms with Gasteiger partial charge in [-0.15, -0.1) is 11.3 Å². The fourth-order valence-electron chi connectivity index (χ4n) is 3.06. The second-order valence-electron chi connectivity index (χ2n) is 6.72. The van der Waals surface area contributed by atoms with Crippen LogP contribution in [0.15, 0.2) is 12.1 Å². The van der Waals surface area contributed by atoms with Crippen LogP contribution >= 0.6 is 11.3 Å². The summed E-state index contributed by atoms with van der Waals surface area (Å²) < 4.78 is 79.0. The summed E-state index contributed by atoms with van der Waals surface area (Å²) in [5.74, 6) is -1.96. The molecule has 7 nitrogen and oxygen atoms in total. The molecule has 3 aromatic rings. The van der Waals surface area contributed by atoms with Crippen molar-refractivity contribution < 1.29 is 35.9 Å². The zero-order valence-electron chi connectivity index (χ0n) is 16.4. The van der Waals surface area contributed by atoms with Crippen molar-refractivity contribution in [3.63, 3.8) is 0 Å². The Morgan fingerprint density at radius 3 is 2.22 bits per heavy atom. The molecule has 0 saturated heterocycles. The maximum Gasteiger partial charge on any atom is 0.282 e. The first-order valence-electron chi connectivity index (χ1n) is 8.90. The summed E-state index contributed by atoms with van der Waals surface area (Å²) in [6.07, 6.45) is -9.21. The zero-order chi connectivity index (χ0) is 23.9. The Morgan fingerprint density at radius 2 is 1.69 bits per heavy atom. The average molecular weight is 479 g/mol. The summed E-state index contributed by atoms with van der Waals surface area (Å²) in [4.78, 5) is 28.2. The molecular formula is C18H15F6N5O2S. The van der Waals surface area contributed by atoms with Crippen LogP contribution in [0.5, 0.6) is 0 Å². The van der Waals surface area contributed by atoms with E-state index in [9.17, 15) is 35.9 Å². The Hall–Kier alpha value is -3.16. The van der Waals surface area contributed by atoms with Crippen LogP contribution in [0, 0.1) is 6.92 Å². The van der Waals surface area contributed by atoms with Gasteiger partial charge in [0.05, 0.1) is 5.69 Å². The molecule has 0 aliphatic carbocycles. The molecule has 3 heterocycles. The number of alkyl halides is 6. The number of hydrogen-bond donors (Lipinski definition) is 2. The molecule has 2 amide bonds. The van der Waals surface area contributed by atoms with Gasteiger partial charge in [-0.1, -0.05) is 0 Å². The van der Waals surface area contributed by atoms with Crippen molar-refractivity contribution in [1.82, 2.24) is 14.8 Å². The summed E-state index contributed by atoms with van der Waals surface area (Å²) >= 11 is 0.668. The molecule has 3 N–H and O–H groups in total. The lowest BCUT2D eigenvalue weighted by Gasteiger charge is -2.16. The van der Waals surface area contributed by atoms with E-state index < -0.39 is 54.2 Å². The Balaban J connectivity index is 2.05. The SMILES string of the molecule is Cc1cc(C(F)F)nc2sc(C(N)=O)c(NC(=O)C(C)n3nc(C(F)F)cc3C(F)F)c12. The summed E-state index contributed by atoms with van der Waals surface area (Å²) in [5.41, 5.74) is 3.08. The van der Waals surface area contributed by atoms with E-state index >= 15 is 0 Å². The van der Waals surface area contributed by atoms with E-state index in [2.05, 4.69) is 15.4 Å². The Morgan fingerprint density at radius 1 is 1.06 bits per heavy atom. The van der Waals surface area contributed by atoms with E-state index in [4.69, 9.17) is 5.73 Å². The molecule has 0 bridgehead atoms. The van der Waals surface area contributed by atoms with Crippen molar-refractivity contribution in [2.75, 3.05) is 5.32 Å². The maximum absolute atomic E-state index is 13.3. The molecule has 0 fully saturated rings. The van der Waals surface area contributed by atoms with Gasteiger partial charge in [0.1, 0.15) is 32.8 Å². The lowest BCUT2D eigenvalue weighted by Crippen LogP contribution is -2.27. The zero-order valence-corrected chi connectivity index (χ0v) is 17.2. The normalized spacial score (nSPS) is 12.8. The number of rotatable bonds is 7. The number of carbonyl (C=O) groups is 2. The fourth-order valence-corrected chi connectivity index (χ4v) is 4.12. The van der Waals surface area contributed by atoms with Gasteiger partial charge in [0.2, 0.25) is 5.91 Å². The van der Waals surface area contributed by atoms with Crippen LogP contribution in [0.2, 0.25) is 0 Å². The number of primary amides is 1. The third-order valence-electron chi connectivity index (χ3n) is 4.55. The molecule has 3 rings (SSSR count). The highest BCUT2D eigenvalue weighted by atomic mass is 32.1. The average Bonchev–Trinajstić information content (AvgIpc) is 3.30. The minimum atomic E-state index is -3.19. The number of amides is 2. The summed E-state index contributed by atoms with van der Waals surface area (Å²) in [6, 6.07) is 0.0742. The molecule has 0 aromatic carbocycles. The number of hydrogen-bond acceptors (Lipinski definition) is 5. The summed E-state index contributed by atoms with van der Waals surface area (Å²) in [7, 11) is 0. The molecular weight excluding hydrogens is 464 g/mol. The second-order valence-corrected chi connectivity index (χ2v) is 7.72. The van der Waals surface area contributed by atoms with Gasteiger partial charge in [-0.25, -0.2) is 31.3 Å². The number of halogens is 6. The van der Waals surface area contributed by atoms with Crippen molar-refractivity contribution in [1.29, 1.82) is 0 Å². The van der Waals surface area contributed by atoms with Gasteiger partial charge >= 0.3 is 0 Å². The number of aryl methyl sites for hydroxylation is 1. The van der Waals surface area contributed by atoms with Gasteiger partial charge in [-0.05, 0) is 31.5 Å². The molecule has 3 aromatic heterocycles. The lowest BCUT2D eigenvalue weighted by molar-refractivity contribution is -0.119. The molecule has 0 aliphatic heterocycles. The first-order chi connectivity index (χ1) is 14.9. The number of anilines is 1. The molecule has 0 saturated carbocycles. The van der Waals surface area contributed by atoms with Crippen molar-refractivity contribution in [3.8, 4) is 0 Å². The number of nitrogens with zero attached hydrogens (tertiary/aromatic N) is 3. The van der Waals surface area contributed by atoms with Gasteiger partial charge in [0, 0.05) is 5.39 Å². The molecule has 0 radical (unpaired) electrons. The van der Waals surface area contributed by atoms with Crippen LogP contribution in [0.25, 0.3) is 10.2 Å². The van der Waals surface area contributed by atoms with E-state index in [-0.39, 0.29) is 26.3 Å². The number of fused-ring (bicyclic) bond motifs is 1. The smallest absolute Gasteiger partial charge is 0.282 e. The van der Waals surface area contributed by atoms with E-state index in [1.165, 1.54) is 6.92 Å². The van der Waals surface area contributed by atoms with Crippen LogP contribution < -0.4 is 11.1 Å². The molecule has 172 valence electrons. The van der Waals surface area contributed by atoms with Gasteiger partial charge in [-0.3, -0.25) is 14.3 Å². The van der Waals surface area contributed by atoms with Gasteiger partial charge < -0.3 is 11.1 Å². The van der Waals surface area contributed by atoms with Crippen molar-refractivity contribution in [3.05, 3.63) is 39.7 Å². The second kappa shape index (κ2) is 8.76. The molecule has 0 spiro atoms. The number of aromatic nitrogens is 3. The highest BCUT2D eigenvalue weighted by molar-refractivity contribution is 7.21. The first-order valence-corrected chi connectivity index (χ1v) is 9.72. The van der Waals surface area contributed by atoms with Crippen LogP contribution in [-0.4, -0.2) is 26.6 Å². The fraction of sp³-hybridized carbons (Fsp3) is 0.333. The van der Waals surface area contributed by atoms with E-state index in [0.717, 1.165) is 13.0 Å². The van der Waals surface area contributed by atoms with Gasteiger partial charge in [-0.2, -0.15) is 5.10 Å². The molecule has 0 aliphatic rings. The molecule has 32 heavy (non-hydrogen) atoms. The predicted octanol–water partition coefficient (Wildman–Crippen LogP) is 4.91. The standard InChI is InChI=1S/C18H15F6N5O2S/c1-5-3-7(13(19)20)26-18-10(5)11(12(32-18)16(25)30)27-17(31)6(2)29-9(15(23)24)4-8(28-29)14(21)22/h3-4,6,13-15H,1-2H3,(H2,25,30)(H,27,31). The monoisotopic (exact) mass is 479 g/mol. The number of nitrogens with two attached hydrogens (primary N) is 1. The third-order valence-corrected chi connectivity index (χ3v) is 5.65. The topological polar surface area (TPSA) is 103 Å². The highest BCUT2D eigenvalue weighted by Crippen LogP contribution is 2.38. The lowest BCUT2D eigenvalue weighted by atomic mass is 10.1.